The first-order valence-electron chi connectivity index (χ1n) is 8.61. The van der Waals surface area contributed by atoms with E-state index < -0.39 is 5.97 Å². The van der Waals surface area contributed by atoms with E-state index in [0.717, 1.165) is 0 Å². The Morgan fingerprint density at radius 3 is 2.48 bits per heavy atom. The van der Waals surface area contributed by atoms with Crippen molar-refractivity contribution in [1.82, 2.24) is 4.90 Å². The third kappa shape index (κ3) is 5.03. The zero-order valence-electron chi connectivity index (χ0n) is 16.2. The van der Waals surface area contributed by atoms with Crippen LogP contribution >= 0.6 is 0 Å². The number of hydrogen-bond acceptors (Lipinski definition) is 5. The maximum atomic E-state index is 12.7. The summed E-state index contributed by atoms with van der Waals surface area (Å²) in [5.74, 6) is 0.855. The molecule has 7 nitrogen and oxygen atoms in total. The Kier molecular flexibility index (Phi) is 6.50. The maximum Gasteiger partial charge on any atom is 0.339 e. The van der Waals surface area contributed by atoms with Gasteiger partial charge in [0, 0.05) is 12.6 Å². The lowest BCUT2D eigenvalue weighted by atomic mass is 10.1. The van der Waals surface area contributed by atoms with Gasteiger partial charge in [0.05, 0.1) is 20.3 Å². The lowest BCUT2D eigenvalue weighted by Gasteiger charge is -2.17. The summed E-state index contributed by atoms with van der Waals surface area (Å²) >= 11 is 0. The molecule has 0 unspecified atom stereocenters. The summed E-state index contributed by atoms with van der Waals surface area (Å²) in [5, 5.41) is 9.10. The molecule has 0 radical (unpaired) electrons. The summed E-state index contributed by atoms with van der Waals surface area (Å²) in [6.45, 7) is 6.38. The summed E-state index contributed by atoms with van der Waals surface area (Å²) in [4.78, 5) is 25.3. The van der Waals surface area contributed by atoms with Crippen molar-refractivity contribution in [2.24, 2.45) is 5.92 Å². The van der Waals surface area contributed by atoms with Gasteiger partial charge in [-0.05, 0) is 37.1 Å². The summed E-state index contributed by atoms with van der Waals surface area (Å²) in [6.07, 6.45) is 0. The Morgan fingerprint density at radius 2 is 1.93 bits per heavy atom. The molecule has 0 aliphatic rings. The van der Waals surface area contributed by atoms with Crippen molar-refractivity contribution in [3.8, 4) is 11.5 Å². The second-order valence-corrected chi connectivity index (χ2v) is 6.72. The summed E-state index contributed by atoms with van der Waals surface area (Å²) in [7, 11) is 3.14. The van der Waals surface area contributed by atoms with Gasteiger partial charge in [-0.1, -0.05) is 13.8 Å². The molecule has 2 rings (SSSR count). The van der Waals surface area contributed by atoms with E-state index in [9.17, 15) is 9.59 Å². The Hall–Kier alpha value is -2.96. The molecule has 0 spiro atoms. The van der Waals surface area contributed by atoms with Crippen molar-refractivity contribution in [3.63, 3.8) is 0 Å². The number of rotatable bonds is 8. The molecule has 1 amide bonds. The van der Waals surface area contributed by atoms with Crippen molar-refractivity contribution in [1.29, 1.82) is 0 Å². The number of benzene rings is 1. The number of carbonyl (C=O) groups excluding carboxylic acids is 1. The highest BCUT2D eigenvalue weighted by Gasteiger charge is 2.19. The van der Waals surface area contributed by atoms with Crippen LogP contribution in [0.3, 0.4) is 0 Å². The number of aryl methyl sites for hydroxylation is 1. The third-order valence-electron chi connectivity index (χ3n) is 3.92. The Bertz CT molecular complexity index is 824. The standard InChI is InChI=1S/C20H25NO6/c1-12(2)11-26-17-7-6-14(8-18(17)25-5)19(22)21(4)10-15-9-16(20(23)24)13(3)27-15/h6-9,12H,10-11H2,1-5H3,(H,23,24). The fraction of sp³-hybridized carbons (Fsp3) is 0.400. The van der Waals surface area contributed by atoms with Crippen molar-refractivity contribution < 1.29 is 28.6 Å². The lowest BCUT2D eigenvalue weighted by molar-refractivity contribution is 0.0694. The van der Waals surface area contributed by atoms with Gasteiger partial charge in [0.25, 0.3) is 5.91 Å². The minimum atomic E-state index is -1.06. The van der Waals surface area contributed by atoms with Crippen LogP contribution in [0, 0.1) is 12.8 Å². The molecule has 146 valence electrons. The van der Waals surface area contributed by atoms with E-state index in [1.165, 1.54) is 18.1 Å². The Morgan fingerprint density at radius 1 is 1.22 bits per heavy atom. The van der Waals surface area contributed by atoms with E-state index in [4.69, 9.17) is 19.0 Å². The zero-order chi connectivity index (χ0) is 20.1. The molecular weight excluding hydrogens is 350 g/mol. The van der Waals surface area contributed by atoms with Crippen LogP contribution in [0.15, 0.2) is 28.7 Å². The van der Waals surface area contributed by atoms with Crippen molar-refractivity contribution >= 4 is 11.9 Å². The number of furan rings is 1. The van der Waals surface area contributed by atoms with E-state index in [0.29, 0.717) is 41.1 Å². The number of aromatic carboxylic acids is 1. The molecule has 0 saturated carbocycles. The molecule has 7 heteroatoms. The van der Waals surface area contributed by atoms with Gasteiger partial charge in [-0.15, -0.1) is 0 Å². The highest BCUT2D eigenvalue weighted by Crippen LogP contribution is 2.29. The number of carboxylic acid groups (broad SMARTS) is 1. The first kappa shape index (κ1) is 20.4. The quantitative estimate of drug-likeness (QED) is 0.758. The van der Waals surface area contributed by atoms with Gasteiger partial charge < -0.3 is 23.9 Å². The summed E-state index contributed by atoms with van der Waals surface area (Å²) in [6, 6.07) is 6.45. The SMILES string of the molecule is COc1cc(C(=O)N(C)Cc2cc(C(=O)O)c(C)o2)ccc1OCC(C)C. The van der Waals surface area contributed by atoms with Crippen LogP contribution in [0.4, 0.5) is 0 Å². The number of methoxy groups -OCH3 is 1. The largest absolute Gasteiger partial charge is 0.493 e. The molecule has 0 atom stereocenters. The second-order valence-electron chi connectivity index (χ2n) is 6.72. The monoisotopic (exact) mass is 375 g/mol. The second kappa shape index (κ2) is 8.62. The predicted molar refractivity (Wildman–Crippen MR) is 99.5 cm³/mol. The smallest absolute Gasteiger partial charge is 0.339 e. The molecule has 1 aromatic heterocycles. The minimum Gasteiger partial charge on any atom is -0.493 e. The third-order valence-corrected chi connectivity index (χ3v) is 3.92. The van der Waals surface area contributed by atoms with E-state index >= 15 is 0 Å². The molecule has 1 heterocycles. The molecule has 27 heavy (non-hydrogen) atoms. The van der Waals surface area contributed by atoms with Crippen molar-refractivity contribution in [2.45, 2.75) is 27.3 Å². The van der Waals surface area contributed by atoms with Gasteiger partial charge in [-0.3, -0.25) is 4.79 Å². The van der Waals surface area contributed by atoms with Gasteiger partial charge in [-0.25, -0.2) is 4.79 Å². The molecule has 1 aromatic carbocycles. The molecule has 0 aliphatic heterocycles. The molecule has 0 saturated heterocycles. The van der Waals surface area contributed by atoms with Crippen LogP contribution in [0.1, 0.15) is 46.1 Å². The lowest BCUT2D eigenvalue weighted by Crippen LogP contribution is -2.26. The van der Waals surface area contributed by atoms with Gasteiger partial charge in [0.1, 0.15) is 17.1 Å². The minimum absolute atomic E-state index is 0.0965. The van der Waals surface area contributed by atoms with Crippen LogP contribution in [0.2, 0.25) is 0 Å². The fourth-order valence-electron chi connectivity index (χ4n) is 2.54. The average molecular weight is 375 g/mol. The van der Waals surface area contributed by atoms with Crippen molar-refractivity contribution in [2.75, 3.05) is 20.8 Å². The molecule has 2 aromatic rings. The number of amides is 1. The number of carboxylic acids is 1. The molecule has 0 aliphatic carbocycles. The van der Waals surface area contributed by atoms with E-state index in [1.54, 1.807) is 32.2 Å². The first-order chi connectivity index (χ1) is 12.7. The van der Waals surface area contributed by atoms with Crippen LogP contribution in [0.5, 0.6) is 11.5 Å². The normalized spacial score (nSPS) is 10.7. The molecule has 0 fully saturated rings. The highest BCUT2D eigenvalue weighted by atomic mass is 16.5. The zero-order valence-corrected chi connectivity index (χ0v) is 16.2. The highest BCUT2D eigenvalue weighted by molar-refractivity contribution is 5.94. The van der Waals surface area contributed by atoms with Gasteiger partial charge in [0.2, 0.25) is 0 Å². The Balaban J connectivity index is 2.14. The molecule has 0 bridgehead atoms. The summed E-state index contributed by atoms with van der Waals surface area (Å²) < 4.78 is 16.5. The van der Waals surface area contributed by atoms with E-state index in [1.807, 2.05) is 13.8 Å². The molecular formula is C20H25NO6. The topological polar surface area (TPSA) is 89.2 Å². The van der Waals surface area contributed by atoms with Gasteiger partial charge in [0.15, 0.2) is 11.5 Å². The van der Waals surface area contributed by atoms with Crippen LogP contribution in [-0.2, 0) is 6.54 Å². The van der Waals surface area contributed by atoms with Crippen molar-refractivity contribution in [3.05, 3.63) is 46.9 Å². The predicted octanol–water partition coefficient (Wildman–Crippen LogP) is 3.60. The number of hydrogen-bond donors (Lipinski definition) is 1. The van der Waals surface area contributed by atoms with Gasteiger partial charge >= 0.3 is 5.97 Å². The van der Waals surface area contributed by atoms with Crippen LogP contribution < -0.4 is 9.47 Å². The maximum absolute atomic E-state index is 12.7. The van der Waals surface area contributed by atoms with E-state index in [2.05, 4.69) is 0 Å². The summed E-state index contributed by atoms with van der Waals surface area (Å²) in [5.41, 5.74) is 0.534. The molecule has 1 N–H and O–H groups in total. The number of ether oxygens (including phenoxy) is 2. The Labute approximate surface area is 158 Å². The average Bonchev–Trinajstić information content (AvgIpc) is 2.99. The van der Waals surface area contributed by atoms with Gasteiger partial charge in [-0.2, -0.15) is 0 Å². The van der Waals surface area contributed by atoms with Crippen LogP contribution in [0.25, 0.3) is 0 Å². The fourth-order valence-corrected chi connectivity index (χ4v) is 2.54. The number of carbonyl (C=O) groups is 2. The van der Waals surface area contributed by atoms with Crippen LogP contribution in [-0.4, -0.2) is 42.6 Å². The number of nitrogens with zero attached hydrogens (tertiary/aromatic N) is 1. The van der Waals surface area contributed by atoms with E-state index in [-0.39, 0.29) is 18.0 Å². The first-order valence-corrected chi connectivity index (χ1v) is 8.61.